The lowest BCUT2D eigenvalue weighted by molar-refractivity contribution is -0.115. The van der Waals surface area contributed by atoms with Gasteiger partial charge in [0.2, 0.25) is 5.91 Å². The topological polar surface area (TPSA) is 72.7 Å². The molecular weight excluding hydrogens is 459 g/mol. The molecule has 0 unspecified atom stereocenters. The third kappa shape index (κ3) is 5.19. The largest absolute Gasteiger partial charge is 0.486 e. The molecule has 0 saturated carbocycles. The van der Waals surface area contributed by atoms with E-state index in [1.165, 1.54) is 12.2 Å². The molecule has 9 heteroatoms. The lowest BCUT2D eigenvalue weighted by Gasteiger charge is -2.19. The first-order valence-electron chi connectivity index (χ1n) is 9.23. The average Bonchev–Trinajstić information content (AvgIpc) is 3.23. The Morgan fingerprint density at radius 3 is 2.68 bits per heavy atom. The zero-order chi connectivity index (χ0) is 21.8. The van der Waals surface area contributed by atoms with E-state index in [-0.39, 0.29) is 5.11 Å². The maximum absolute atomic E-state index is 12.2. The van der Waals surface area contributed by atoms with E-state index in [1.54, 1.807) is 48.5 Å². The number of halogens is 2. The number of ether oxygens (including phenoxy) is 2. The van der Waals surface area contributed by atoms with Gasteiger partial charge in [-0.15, -0.1) is 0 Å². The van der Waals surface area contributed by atoms with Gasteiger partial charge < -0.3 is 19.2 Å². The summed E-state index contributed by atoms with van der Waals surface area (Å²) in [4.78, 5) is 12.2. The lowest BCUT2D eigenvalue weighted by atomic mass is 10.2. The van der Waals surface area contributed by atoms with Crippen molar-refractivity contribution >= 4 is 58.2 Å². The molecule has 0 bridgehead atoms. The average molecular weight is 475 g/mol. The monoisotopic (exact) mass is 474 g/mol. The van der Waals surface area contributed by atoms with Gasteiger partial charge in [-0.3, -0.25) is 10.1 Å². The van der Waals surface area contributed by atoms with E-state index in [1.807, 2.05) is 0 Å². The molecule has 2 heterocycles. The standard InChI is InChI=1S/C22H16Cl2N2O4S/c23-16-3-1-2-15(21(16)24)17-8-5-14(30-17)6-9-20(27)26-22(31)25-13-4-7-18-19(12-13)29-11-10-28-18/h1-9,12H,10-11H2,(H2,25,26,27,31). The molecule has 3 aromatic rings. The van der Waals surface area contributed by atoms with Crippen molar-refractivity contribution in [1.82, 2.24) is 5.32 Å². The fourth-order valence-electron chi connectivity index (χ4n) is 2.88. The van der Waals surface area contributed by atoms with Crippen molar-refractivity contribution < 1.29 is 18.7 Å². The summed E-state index contributed by atoms with van der Waals surface area (Å²) in [6.45, 7) is 1.00. The molecule has 0 atom stereocenters. The smallest absolute Gasteiger partial charge is 0.250 e. The highest BCUT2D eigenvalue weighted by atomic mass is 35.5. The third-order valence-corrected chi connectivity index (χ3v) is 5.30. The summed E-state index contributed by atoms with van der Waals surface area (Å²) >= 11 is 17.5. The number of rotatable bonds is 4. The molecule has 0 saturated heterocycles. The first-order chi connectivity index (χ1) is 15.0. The number of thiocarbonyl (C=S) groups is 1. The van der Waals surface area contributed by atoms with E-state index in [4.69, 9.17) is 49.3 Å². The van der Waals surface area contributed by atoms with Gasteiger partial charge >= 0.3 is 0 Å². The van der Waals surface area contributed by atoms with Crippen LogP contribution in [0.2, 0.25) is 10.0 Å². The van der Waals surface area contributed by atoms with Crippen molar-refractivity contribution in [2.45, 2.75) is 0 Å². The number of amides is 1. The number of nitrogens with one attached hydrogen (secondary N) is 2. The number of hydrogen-bond donors (Lipinski definition) is 2. The Kier molecular flexibility index (Phi) is 6.46. The zero-order valence-corrected chi connectivity index (χ0v) is 18.3. The summed E-state index contributed by atoms with van der Waals surface area (Å²) < 4.78 is 16.7. The van der Waals surface area contributed by atoms with Crippen LogP contribution in [-0.4, -0.2) is 24.2 Å². The molecule has 0 aliphatic carbocycles. The van der Waals surface area contributed by atoms with Crippen LogP contribution < -0.4 is 20.1 Å². The molecule has 6 nitrogen and oxygen atoms in total. The van der Waals surface area contributed by atoms with E-state index in [0.717, 1.165) is 0 Å². The molecule has 1 aliphatic rings. The molecule has 2 aromatic carbocycles. The lowest BCUT2D eigenvalue weighted by Crippen LogP contribution is -2.32. The first-order valence-corrected chi connectivity index (χ1v) is 10.4. The van der Waals surface area contributed by atoms with Crippen molar-refractivity contribution in [3.63, 3.8) is 0 Å². The van der Waals surface area contributed by atoms with Gasteiger partial charge in [0, 0.05) is 23.4 Å². The maximum Gasteiger partial charge on any atom is 0.250 e. The normalized spacial score (nSPS) is 12.6. The number of anilines is 1. The summed E-state index contributed by atoms with van der Waals surface area (Å²) in [7, 11) is 0. The van der Waals surface area contributed by atoms with Crippen LogP contribution in [0, 0.1) is 0 Å². The summed E-state index contributed by atoms with van der Waals surface area (Å²) in [5.74, 6) is 1.91. The van der Waals surface area contributed by atoms with E-state index in [2.05, 4.69) is 10.6 Å². The van der Waals surface area contributed by atoms with Crippen LogP contribution in [-0.2, 0) is 4.79 Å². The third-order valence-electron chi connectivity index (χ3n) is 4.28. The number of benzene rings is 2. The Labute approximate surface area is 193 Å². The van der Waals surface area contributed by atoms with Crippen LogP contribution in [0.5, 0.6) is 11.5 Å². The van der Waals surface area contributed by atoms with Crippen LogP contribution in [0.3, 0.4) is 0 Å². The molecule has 1 aliphatic heterocycles. The van der Waals surface area contributed by atoms with Crippen LogP contribution in [0.4, 0.5) is 5.69 Å². The van der Waals surface area contributed by atoms with Gasteiger partial charge in [-0.25, -0.2) is 0 Å². The van der Waals surface area contributed by atoms with Crippen LogP contribution in [0.25, 0.3) is 17.4 Å². The van der Waals surface area contributed by atoms with Gasteiger partial charge in [-0.1, -0.05) is 29.3 Å². The number of fused-ring (bicyclic) bond motifs is 1. The fourth-order valence-corrected chi connectivity index (χ4v) is 3.49. The molecule has 158 valence electrons. The summed E-state index contributed by atoms with van der Waals surface area (Å²) in [5, 5.41) is 6.51. The van der Waals surface area contributed by atoms with E-state index in [9.17, 15) is 4.79 Å². The Hall–Kier alpha value is -3.00. The number of carbonyl (C=O) groups excluding carboxylic acids is 1. The Morgan fingerprint density at radius 1 is 1.03 bits per heavy atom. The Bertz CT molecular complexity index is 1180. The molecule has 2 N–H and O–H groups in total. The van der Waals surface area contributed by atoms with Crippen LogP contribution in [0.15, 0.2) is 59.0 Å². The molecule has 0 spiro atoms. The molecular formula is C22H16Cl2N2O4S. The van der Waals surface area contributed by atoms with Gasteiger partial charge in [-0.2, -0.15) is 0 Å². The highest BCUT2D eigenvalue weighted by Crippen LogP contribution is 2.34. The molecule has 0 fully saturated rings. The van der Waals surface area contributed by atoms with Crippen molar-refractivity contribution in [2.24, 2.45) is 0 Å². The number of hydrogen-bond acceptors (Lipinski definition) is 5. The van der Waals surface area contributed by atoms with Crippen LogP contribution in [0.1, 0.15) is 5.76 Å². The molecule has 1 aromatic heterocycles. The Morgan fingerprint density at radius 2 is 1.84 bits per heavy atom. The van der Waals surface area contributed by atoms with Crippen molar-refractivity contribution in [3.8, 4) is 22.8 Å². The first kappa shape index (κ1) is 21.2. The van der Waals surface area contributed by atoms with Crippen molar-refractivity contribution in [3.05, 3.63) is 70.4 Å². The minimum absolute atomic E-state index is 0.150. The second-order valence-corrected chi connectivity index (χ2v) is 7.63. The summed E-state index contributed by atoms with van der Waals surface area (Å²) in [6, 6.07) is 14.1. The minimum atomic E-state index is -0.409. The second-order valence-electron chi connectivity index (χ2n) is 6.44. The minimum Gasteiger partial charge on any atom is -0.486 e. The summed E-state index contributed by atoms with van der Waals surface area (Å²) in [6.07, 6.45) is 2.85. The van der Waals surface area contributed by atoms with Crippen molar-refractivity contribution in [1.29, 1.82) is 0 Å². The van der Waals surface area contributed by atoms with E-state index in [0.29, 0.717) is 57.5 Å². The van der Waals surface area contributed by atoms with Gasteiger partial charge in [0.25, 0.3) is 0 Å². The second kappa shape index (κ2) is 9.43. The van der Waals surface area contributed by atoms with Gasteiger partial charge in [0.05, 0.1) is 10.0 Å². The molecule has 1 amide bonds. The van der Waals surface area contributed by atoms with E-state index < -0.39 is 5.91 Å². The SMILES string of the molecule is O=C(C=Cc1ccc(-c2cccc(Cl)c2Cl)o1)NC(=S)Nc1ccc2c(c1)OCCO2. The zero-order valence-electron chi connectivity index (χ0n) is 16.0. The predicted octanol–water partition coefficient (Wildman–Crippen LogP) is 5.55. The molecule has 0 radical (unpaired) electrons. The maximum atomic E-state index is 12.2. The predicted molar refractivity (Wildman–Crippen MR) is 125 cm³/mol. The van der Waals surface area contributed by atoms with Gasteiger partial charge in [0.15, 0.2) is 16.6 Å². The highest BCUT2D eigenvalue weighted by molar-refractivity contribution is 7.80. The van der Waals surface area contributed by atoms with Gasteiger partial charge in [0.1, 0.15) is 24.7 Å². The highest BCUT2D eigenvalue weighted by Gasteiger charge is 2.13. The quantitative estimate of drug-likeness (QED) is 0.381. The fraction of sp³-hybridized carbons (Fsp3) is 0.0909. The number of carbonyl (C=O) groups is 1. The Balaban J connectivity index is 1.35. The molecule has 4 rings (SSSR count). The van der Waals surface area contributed by atoms with Gasteiger partial charge in [-0.05, 0) is 54.7 Å². The van der Waals surface area contributed by atoms with Crippen LogP contribution >= 0.6 is 35.4 Å². The van der Waals surface area contributed by atoms with Crippen molar-refractivity contribution in [2.75, 3.05) is 18.5 Å². The number of furan rings is 1. The van der Waals surface area contributed by atoms with E-state index >= 15 is 0 Å². The molecule has 31 heavy (non-hydrogen) atoms. The summed E-state index contributed by atoms with van der Waals surface area (Å²) in [5.41, 5.74) is 1.34.